The molecule has 0 bridgehead atoms. The second-order valence-corrected chi connectivity index (χ2v) is 7.82. The molecule has 2 rings (SSSR count). The van der Waals surface area contributed by atoms with Crippen LogP contribution in [0.15, 0.2) is 17.1 Å². The first-order chi connectivity index (χ1) is 7.96. The molecule has 3 N–H and O–H groups in total. The van der Waals surface area contributed by atoms with Crippen LogP contribution in [0.5, 0.6) is 0 Å². The molecule has 1 aliphatic rings. The molecule has 0 radical (unpaired) electrons. The third-order valence-corrected chi connectivity index (χ3v) is 4.63. The van der Waals surface area contributed by atoms with Gasteiger partial charge < -0.3 is 0 Å². The zero-order valence-electron chi connectivity index (χ0n) is 8.78. The predicted octanol–water partition coefficient (Wildman–Crippen LogP) is -0.592. The number of hydrogen-bond donors (Lipinski definition) is 2. The number of rotatable bonds is 2. The third kappa shape index (κ3) is 3.28. The van der Waals surface area contributed by atoms with Crippen molar-refractivity contribution < 1.29 is 14.3 Å². The Kier molecular flexibility index (Phi) is 3.51. The number of nitrogens with zero attached hydrogens (tertiary/aromatic N) is 2. The minimum absolute atomic E-state index is 0.00649. The summed E-state index contributed by atoms with van der Waals surface area (Å²) in [7, 11) is 0. The Balaban J connectivity index is 2.03. The van der Waals surface area contributed by atoms with Crippen molar-refractivity contribution in [3.8, 4) is 0 Å². The predicted molar refractivity (Wildman–Crippen MR) is 65.5 cm³/mol. The molecule has 1 aliphatic heterocycles. The Bertz CT molecular complexity index is 504. The van der Waals surface area contributed by atoms with Gasteiger partial charge in [-0.3, -0.25) is 0 Å². The van der Waals surface area contributed by atoms with Crippen LogP contribution < -0.4 is 11.4 Å². The molecule has 1 unspecified atom stereocenters. The number of hydrogen-bond acceptors (Lipinski definition) is 6. The number of halogens is 1. The van der Waals surface area contributed by atoms with Crippen molar-refractivity contribution in [2.75, 3.05) is 17.0 Å². The van der Waals surface area contributed by atoms with E-state index in [4.69, 9.17) is 17.0 Å². The van der Waals surface area contributed by atoms with Crippen LogP contribution in [0.1, 0.15) is 0 Å². The molecule has 2 atom stereocenters. The molecule has 1 aromatic rings. The van der Waals surface area contributed by atoms with Gasteiger partial charge in [-0.1, -0.05) is 0 Å². The van der Waals surface area contributed by atoms with Gasteiger partial charge in [0.15, 0.2) is 0 Å². The van der Waals surface area contributed by atoms with Crippen LogP contribution >= 0.6 is 19.3 Å². The van der Waals surface area contributed by atoms with Crippen molar-refractivity contribution >= 4 is 25.1 Å². The minimum atomic E-state index is -4.27. The van der Waals surface area contributed by atoms with Crippen molar-refractivity contribution in [3.63, 3.8) is 0 Å². The molecule has 1 fully saturated rings. The standard InChI is InChI=1S/C8H12IN3O5/c10-7-1-2-12(8(13)11-7)3-6-4-17-9(14,15)5-16-6/h1-2,6H,3-5H2,(H,14,15)(H2,10,11,13)/t6-/m0/s1. The monoisotopic (exact) mass is 357 g/mol. The fourth-order valence-corrected chi connectivity index (χ4v) is 3.43. The van der Waals surface area contributed by atoms with E-state index in [2.05, 4.69) is 4.98 Å². The van der Waals surface area contributed by atoms with Crippen LogP contribution in [0.3, 0.4) is 0 Å². The van der Waals surface area contributed by atoms with Crippen molar-refractivity contribution in [2.24, 2.45) is 0 Å². The average molecular weight is 357 g/mol. The second kappa shape index (κ2) is 4.76. The van der Waals surface area contributed by atoms with E-state index >= 15 is 0 Å². The zero-order valence-corrected chi connectivity index (χ0v) is 10.9. The maximum absolute atomic E-state index is 11.4. The molecule has 2 heterocycles. The number of anilines is 1. The normalized spacial score (nSPS) is 32.9. The summed E-state index contributed by atoms with van der Waals surface area (Å²) >= 11 is -4.27. The van der Waals surface area contributed by atoms with E-state index in [9.17, 15) is 7.86 Å². The maximum atomic E-state index is 11.4. The molecule has 0 spiro atoms. The molecule has 9 heteroatoms. The molecule has 96 valence electrons. The van der Waals surface area contributed by atoms with Gasteiger partial charge in [0.2, 0.25) is 0 Å². The van der Waals surface area contributed by atoms with E-state index in [0.29, 0.717) is 0 Å². The summed E-state index contributed by atoms with van der Waals surface area (Å²) in [5, 5.41) is 0. The molecule has 1 aromatic heterocycles. The van der Waals surface area contributed by atoms with Gasteiger partial charge in [-0.2, -0.15) is 0 Å². The van der Waals surface area contributed by atoms with Crippen LogP contribution in [0.4, 0.5) is 5.82 Å². The van der Waals surface area contributed by atoms with Gasteiger partial charge in [-0.05, 0) is 0 Å². The Morgan fingerprint density at radius 2 is 2.47 bits per heavy atom. The quantitative estimate of drug-likeness (QED) is 0.537. The third-order valence-electron chi connectivity index (χ3n) is 2.15. The molecule has 17 heavy (non-hydrogen) atoms. The van der Waals surface area contributed by atoms with Crippen LogP contribution in [-0.4, -0.2) is 30.3 Å². The number of ether oxygens (including phenoxy) is 1. The van der Waals surface area contributed by atoms with Gasteiger partial charge in [0.1, 0.15) is 0 Å². The molecular weight excluding hydrogens is 345 g/mol. The summed E-state index contributed by atoms with van der Waals surface area (Å²) in [4.78, 5) is 15.0. The van der Waals surface area contributed by atoms with Gasteiger partial charge >= 0.3 is 101 Å². The first-order valence-electron chi connectivity index (χ1n) is 4.73. The fraction of sp³-hybridized carbons (Fsp3) is 0.500. The van der Waals surface area contributed by atoms with Gasteiger partial charge in [0.25, 0.3) is 0 Å². The van der Waals surface area contributed by atoms with E-state index < -0.39 is 31.0 Å². The molecule has 0 saturated carbocycles. The van der Waals surface area contributed by atoms with Gasteiger partial charge in [0, 0.05) is 0 Å². The Morgan fingerprint density at radius 3 is 3.06 bits per heavy atom. The van der Waals surface area contributed by atoms with Crippen molar-refractivity contribution in [1.82, 2.24) is 9.55 Å². The number of nitrogen functional groups attached to an aromatic ring is 1. The van der Waals surface area contributed by atoms with Gasteiger partial charge in [-0.15, -0.1) is 0 Å². The summed E-state index contributed by atoms with van der Waals surface area (Å²) in [5.74, 6) is 0.149. The number of alkyl halides is 1. The number of nitrogens with two attached hydrogens (primary N) is 1. The van der Waals surface area contributed by atoms with Crippen LogP contribution in [0.25, 0.3) is 0 Å². The van der Waals surface area contributed by atoms with E-state index in [1.165, 1.54) is 16.8 Å². The van der Waals surface area contributed by atoms with Crippen LogP contribution in [0, 0.1) is 0 Å². The molecule has 8 nitrogen and oxygen atoms in total. The van der Waals surface area contributed by atoms with Crippen molar-refractivity contribution in [2.45, 2.75) is 12.6 Å². The summed E-state index contributed by atoms with van der Waals surface area (Å²) in [6.45, 7) is 0.205. The van der Waals surface area contributed by atoms with E-state index in [0.717, 1.165) is 0 Å². The van der Waals surface area contributed by atoms with E-state index in [1.807, 2.05) is 0 Å². The van der Waals surface area contributed by atoms with Crippen LogP contribution in [-0.2, 0) is 17.4 Å². The average Bonchev–Trinajstić information content (AvgIpc) is 2.25. The van der Waals surface area contributed by atoms with E-state index in [1.54, 1.807) is 0 Å². The molecule has 0 aliphatic carbocycles. The summed E-state index contributed by atoms with van der Waals surface area (Å²) < 4.78 is 31.2. The summed E-state index contributed by atoms with van der Waals surface area (Å²) in [6, 6.07) is 1.49. The topological polar surface area (TPSA) is 117 Å². The Hall–Kier alpha value is -0.910. The zero-order chi connectivity index (χ0) is 12.5. The second-order valence-electron chi connectivity index (χ2n) is 3.50. The first-order valence-corrected chi connectivity index (χ1v) is 8.99. The number of aromatic nitrogens is 2. The van der Waals surface area contributed by atoms with Crippen molar-refractivity contribution in [1.29, 1.82) is 0 Å². The Morgan fingerprint density at radius 1 is 1.71 bits per heavy atom. The Labute approximate surface area is 101 Å². The molecule has 0 amide bonds. The van der Waals surface area contributed by atoms with Crippen LogP contribution in [0.2, 0.25) is 0 Å². The van der Waals surface area contributed by atoms with E-state index in [-0.39, 0.29) is 23.6 Å². The van der Waals surface area contributed by atoms with Gasteiger partial charge in [0.05, 0.1) is 0 Å². The van der Waals surface area contributed by atoms with Gasteiger partial charge in [-0.25, -0.2) is 0 Å². The molecular formula is C8H12IN3O5. The summed E-state index contributed by atoms with van der Waals surface area (Å²) in [5.41, 5.74) is 4.86. The molecule has 0 aromatic carbocycles. The SMILES string of the molecule is Nc1ccn(C[C@H]2COI(=O)(O)CO2)c(=O)n1. The molecule has 1 saturated heterocycles. The first kappa shape index (κ1) is 12.5. The summed E-state index contributed by atoms with van der Waals surface area (Å²) in [6.07, 6.45) is 1.06. The van der Waals surface area contributed by atoms with Crippen molar-refractivity contribution in [3.05, 3.63) is 22.7 Å². The fourth-order valence-electron chi connectivity index (χ4n) is 1.32.